The lowest BCUT2D eigenvalue weighted by atomic mass is 10.0. The highest BCUT2D eigenvalue weighted by atomic mass is 32.1. The number of benzene rings is 1. The molecule has 0 spiro atoms. The van der Waals surface area contributed by atoms with E-state index in [-0.39, 0.29) is 0 Å². The fourth-order valence-electron chi connectivity index (χ4n) is 3.15. The molecule has 0 aliphatic carbocycles. The van der Waals surface area contributed by atoms with E-state index in [0.29, 0.717) is 12.1 Å². The van der Waals surface area contributed by atoms with Crippen molar-refractivity contribution in [2.45, 2.75) is 59.0 Å². The number of hydrogen-bond donors (Lipinski definition) is 1. The first kappa shape index (κ1) is 18.2. The summed E-state index contributed by atoms with van der Waals surface area (Å²) < 4.78 is 0. The zero-order valence-corrected chi connectivity index (χ0v) is 16.0. The van der Waals surface area contributed by atoms with E-state index >= 15 is 0 Å². The maximum absolute atomic E-state index is 5.61. The van der Waals surface area contributed by atoms with E-state index in [1.807, 2.05) is 0 Å². The summed E-state index contributed by atoms with van der Waals surface area (Å²) in [5.41, 5.74) is 3.71. The van der Waals surface area contributed by atoms with Gasteiger partial charge in [-0.3, -0.25) is 0 Å². The van der Waals surface area contributed by atoms with Gasteiger partial charge in [-0.2, -0.15) is 0 Å². The lowest BCUT2D eigenvalue weighted by Gasteiger charge is -2.40. The van der Waals surface area contributed by atoms with E-state index in [1.54, 1.807) is 0 Å². The van der Waals surface area contributed by atoms with Crippen LogP contribution in [0.3, 0.4) is 0 Å². The first-order chi connectivity index (χ1) is 10.9. The zero-order chi connectivity index (χ0) is 17.0. The summed E-state index contributed by atoms with van der Waals surface area (Å²) in [4.78, 5) is 4.85. The number of nitrogens with zero attached hydrogens (tertiary/aromatic N) is 2. The molecule has 1 aromatic rings. The summed E-state index contributed by atoms with van der Waals surface area (Å²) in [7, 11) is 2.26. The van der Waals surface area contributed by atoms with E-state index in [9.17, 15) is 0 Å². The van der Waals surface area contributed by atoms with Crippen LogP contribution in [0.15, 0.2) is 18.2 Å². The van der Waals surface area contributed by atoms with Gasteiger partial charge in [0.2, 0.25) is 0 Å². The number of hydrogen-bond acceptors (Lipinski definition) is 2. The average Bonchev–Trinajstić information content (AvgIpc) is 2.57. The summed E-state index contributed by atoms with van der Waals surface area (Å²) in [6, 6.07) is 7.77. The highest BCUT2D eigenvalue weighted by Gasteiger charge is 2.25. The van der Waals surface area contributed by atoms with Crippen LogP contribution in [0.5, 0.6) is 0 Å². The molecule has 0 saturated carbocycles. The van der Waals surface area contributed by atoms with Crippen molar-refractivity contribution >= 4 is 23.0 Å². The molecule has 1 heterocycles. The molecule has 2 rings (SSSR count). The fraction of sp³-hybridized carbons (Fsp3) is 0.632. The van der Waals surface area contributed by atoms with Gasteiger partial charge in [0.05, 0.1) is 0 Å². The molecule has 4 heteroatoms. The summed E-state index contributed by atoms with van der Waals surface area (Å²) in [5, 5.41) is 4.26. The van der Waals surface area contributed by atoms with Gasteiger partial charge in [0.15, 0.2) is 5.11 Å². The Morgan fingerprint density at radius 3 is 2.52 bits per heavy atom. The maximum Gasteiger partial charge on any atom is 0.173 e. The third kappa shape index (κ3) is 4.67. The lowest BCUT2D eigenvalue weighted by Crippen LogP contribution is -2.48. The number of piperidine rings is 1. The van der Waals surface area contributed by atoms with Crippen LogP contribution in [0.25, 0.3) is 0 Å². The summed E-state index contributed by atoms with van der Waals surface area (Å²) in [6.45, 7) is 10.9. The minimum atomic E-state index is 0.659. The minimum Gasteiger partial charge on any atom is -0.349 e. The molecule has 1 aliphatic heterocycles. The van der Waals surface area contributed by atoms with Gasteiger partial charge in [-0.1, -0.05) is 13.0 Å². The van der Waals surface area contributed by atoms with Gasteiger partial charge in [-0.15, -0.1) is 0 Å². The summed E-state index contributed by atoms with van der Waals surface area (Å²) in [5.74, 6) is 0. The number of rotatable bonds is 4. The molecule has 1 aromatic carbocycles. The molecule has 1 aliphatic rings. The molecule has 128 valence electrons. The molecule has 0 bridgehead atoms. The Kier molecular flexibility index (Phi) is 6.42. The second-order valence-electron chi connectivity index (χ2n) is 6.87. The van der Waals surface area contributed by atoms with Gasteiger partial charge in [0.1, 0.15) is 0 Å². The number of aryl methyl sites for hydroxylation is 2. The predicted octanol–water partition coefficient (Wildman–Crippen LogP) is 4.19. The molecule has 3 nitrogen and oxygen atoms in total. The Labute approximate surface area is 147 Å². The second-order valence-corrected chi connectivity index (χ2v) is 7.26. The molecule has 0 unspecified atom stereocenters. The van der Waals surface area contributed by atoms with Crippen molar-refractivity contribution in [3.8, 4) is 0 Å². The van der Waals surface area contributed by atoms with Gasteiger partial charge >= 0.3 is 0 Å². The SMILES string of the molecule is CC[C@@H](C)N(C)C1CCN(C(=S)Nc2ccc(C)c(C)c2)CC1. The normalized spacial score (nSPS) is 17.4. The number of anilines is 1. The summed E-state index contributed by atoms with van der Waals surface area (Å²) >= 11 is 5.61. The van der Waals surface area contributed by atoms with Crippen LogP contribution < -0.4 is 5.32 Å². The number of likely N-dealkylation sites (tertiary alicyclic amines) is 1. The van der Waals surface area contributed by atoms with Gasteiger partial charge in [-0.05, 0) is 82.6 Å². The fourth-order valence-corrected chi connectivity index (χ4v) is 3.45. The van der Waals surface area contributed by atoms with Gasteiger partial charge in [-0.25, -0.2) is 0 Å². The lowest BCUT2D eigenvalue weighted by molar-refractivity contribution is 0.126. The molecule has 0 amide bonds. The molecular formula is C19H31N3S. The van der Waals surface area contributed by atoms with Crippen LogP contribution in [-0.4, -0.2) is 47.1 Å². The van der Waals surface area contributed by atoms with Crippen molar-refractivity contribution in [2.75, 3.05) is 25.5 Å². The molecule has 0 radical (unpaired) electrons. The smallest absolute Gasteiger partial charge is 0.173 e. The Balaban J connectivity index is 1.87. The van der Waals surface area contributed by atoms with Gasteiger partial charge in [0, 0.05) is 30.9 Å². The molecule has 1 atom stereocenters. The van der Waals surface area contributed by atoms with Crippen LogP contribution in [0.4, 0.5) is 5.69 Å². The third-order valence-corrected chi connectivity index (χ3v) is 5.73. The molecular weight excluding hydrogens is 302 g/mol. The first-order valence-corrected chi connectivity index (χ1v) is 9.18. The standard InChI is InChI=1S/C19H31N3S/c1-6-16(4)21(5)18-9-11-22(12-10-18)19(23)20-17-8-7-14(2)15(3)13-17/h7-8,13,16,18H,6,9-12H2,1-5H3,(H,20,23)/t16-/m1/s1. The highest BCUT2D eigenvalue weighted by Crippen LogP contribution is 2.20. The highest BCUT2D eigenvalue weighted by molar-refractivity contribution is 7.80. The van der Waals surface area contributed by atoms with Gasteiger partial charge in [0.25, 0.3) is 0 Å². The van der Waals surface area contributed by atoms with Crippen LogP contribution in [0, 0.1) is 13.8 Å². The van der Waals surface area contributed by atoms with E-state index in [2.05, 4.69) is 68.1 Å². The van der Waals surface area contributed by atoms with Crippen LogP contribution in [-0.2, 0) is 0 Å². The molecule has 0 aromatic heterocycles. The van der Waals surface area contributed by atoms with Crippen molar-refractivity contribution in [1.82, 2.24) is 9.80 Å². The van der Waals surface area contributed by atoms with E-state index < -0.39 is 0 Å². The van der Waals surface area contributed by atoms with Gasteiger partial charge < -0.3 is 15.1 Å². The topological polar surface area (TPSA) is 18.5 Å². The maximum atomic E-state index is 5.61. The Hall–Kier alpha value is -1.13. The minimum absolute atomic E-state index is 0.659. The third-order valence-electron chi connectivity index (χ3n) is 5.37. The number of nitrogens with one attached hydrogen (secondary N) is 1. The Bertz CT molecular complexity index is 535. The zero-order valence-electron chi connectivity index (χ0n) is 15.2. The Morgan fingerprint density at radius 2 is 1.96 bits per heavy atom. The van der Waals surface area contributed by atoms with E-state index in [1.165, 1.54) is 30.4 Å². The van der Waals surface area contributed by atoms with Crippen molar-refractivity contribution in [1.29, 1.82) is 0 Å². The predicted molar refractivity (Wildman–Crippen MR) is 104 cm³/mol. The van der Waals surface area contributed by atoms with Crippen molar-refractivity contribution in [2.24, 2.45) is 0 Å². The first-order valence-electron chi connectivity index (χ1n) is 8.77. The summed E-state index contributed by atoms with van der Waals surface area (Å²) in [6.07, 6.45) is 3.59. The largest absolute Gasteiger partial charge is 0.349 e. The Morgan fingerprint density at radius 1 is 1.30 bits per heavy atom. The van der Waals surface area contributed by atoms with Crippen molar-refractivity contribution in [3.63, 3.8) is 0 Å². The van der Waals surface area contributed by atoms with Crippen molar-refractivity contribution in [3.05, 3.63) is 29.3 Å². The second kappa shape index (κ2) is 8.11. The monoisotopic (exact) mass is 333 g/mol. The van der Waals surface area contributed by atoms with E-state index in [4.69, 9.17) is 12.2 Å². The average molecular weight is 334 g/mol. The quantitative estimate of drug-likeness (QED) is 0.832. The van der Waals surface area contributed by atoms with Crippen LogP contribution >= 0.6 is 12.2 Å². The molecule has 23 heavy (non-hydrogen) atoms. The van der Waals surface area contributed by atoms with Crippen LogP contribution in [0.2, 0.25) is 0 Å². The molecule has 1 saturated heterocycles. The van der Waals surface area contributed by atoms with Crippen molar-refractivity contribution < 1.29 is 0 Å². The van der Waals surface area contributed by atoms with E-state index in [0.717, 1.165) is 23.9 Å². The molecule has 1 N–H and O–H groups in total. The number of thiocarbonyl (C=S) groups is 1. The molecule has 1 fully saturated rings. The van der Waals surface area contributed by atoms with Crippen LogP contribution in [0.1, 0.15) is 44.2 Å².